The van der Waals surface area contributed by atoms with Crippen LogP contribution in [0.15, 0.2) is 24.3 Å². The topological polar surface area (TPSA) is 15.3 Å². The van der Waals surface area contributed by atoms with Crippen LogP contribution >= 0.6 is 0 Å². The van der Waals surface area contributed by atoms with Crippen LogP contribution in [0.2, 0.25) is 0 Å². The SMILES string of the molecule is CCc1ccc(C(C)NCCN(C(C)C)C(C)C)cc1. The van der Waals surface area contributed by atoms with Crippen molar-refractivity contribution < 1.29 is 0 Å². The summed E-state index contributed by atoms with van der Waals surface area (Å²) in [5.74, 6) is 0. The van der Waals surface area contributed by atoms with Gasteiger partial charge in [0.15, 0.2) is 0 Å². The highest BCUT2D eigenvalue weighted by atomic mass is 15.2. The molecule has 0 radical (unpaired) electrons. The van der Waals surface area contributed by atoms with Crippen molar-refractivity contribution in [2.24, 2.45) is 0 Å². The van der Waals surface area contributed by atoms with E-state index < -0.39 is 0 Å². The second kappa shape index (κ2) is 8.43. The first kappa shape index (κ1) is 17.2. The fourth-order valence-electron chi connectivity index (χ4n) is 2.68. The molecule has 1 unspecified atom stereocenters. The van der Waals surface area contributed by atoms with Gasteiger partial charge in [-0.3, -0.25) is 4.90 Å². The molecule has 1 N–H and O–H groups in total. The lowest BCUT2D eigenvalue weighted by molar-refractivity contribution is 0.174. The van der Waals surface area contributed by atoms with Gasteiger partial charge in [-0.25, -0.2) is 0 Å². The summed E-state index contributed by atoms with van der Waals surface area (Å²) in [7, 11) is 0. The van der Waals surface area contributed by atoms with Gasteiger partial charge in [-0.1, -0.05) is 31.2 Å². The summed E-state index contributed by atoms with van der Waals surface area (Å²) in [6, 6.07) is 10.6. The Morgan fingerprint density at radius 1 is 0.950 bits per heavy atom. The van der Waals surface area contributed by atoms with Crippen molar-refractivity contribution in [2.45, 2.75) is 66.1 Å². The van der Waals surface area contributed by atoms with E-state index in [0.29, 0.717) is 18.1 Å². The zero-order valence-corrected chi connectivity index (χ0v) is 14.1. The average Bonchev–Trinajstić information content (AvgIpc) is 2.42. The van der Waals surface area contributed by atoms with Gasteiger partial charge in [-0.15, -0.1) is 0 Å². The van der Waals surface area contributed by atoms with Gasteiger partial charge >= 0.3 is 0 Å². The third kappa shape index (κ3) is 5.26. The second-order valence-electron chi connectivity index (χ2n) is 6.20. The minimum atomic E-state index is 0.419. The zero-order valence-electron chi connectivity index (χ0n) is 14.1. The highest BCUT2D eigenvalue weighted by Crippen LogP contribution is 2.13. The van der Waals surface area contributed by atoms with Crippen LogP contribution < -0.4 is 5.32 Å². The molecule has 0 aliphatic heterocycles. The average molecular weight is 276 g/mol. The number of hydrogen-bond acceptors (Lipinski definition) is 2. The van der Waals surface area contributed by atoms with Gasteiger partial charge in [0.2, 0.25) is 0 Å². The monoisotopic (exact) mass is 276 g/mol. The van der Waals surface area contributed by atoms with E-state index in [1.54, 1.807) is 0 Å². The van der Waals surface area contributed by atoms with Crippen molar-refractivity contribution in [1.29, 1.82) is 0 Å². The van der Waals surface area contributed by atoms with E-state index in [1.807, 2.05) is 0 Å². The molecule has 1 atom stereocenters. The molecule has 1 aromatic carbocycles. The lowest BCUT2D eigenvalue weighted by Gasteiger charge is -2.31. The van der Waals surface area contributed by atoms with Crippen molar-refractivity contribution in [2.75, 3.05) is 13.1 Å². The molecule has 0 heterocycles. The van der Waals surface area contributed by atoms with E-state index in [2.05, 4.69) is 76.0 Å². The molecule has 0 aliphatic rings. The molecule has 0 fully saturated rings. The first-order valence-electron chi connectivity index (χ1n) is 8.03. The number of nitrogens with zero attached hydrogens (tertiary/aromatic N) is 1. The molecule has 0 aliphatic carbocycles. The third-order valence-electron chi connectivity index (χ3n) is 4.04. The van der Waals surface area contributed by atoms with E-state index in [1.165, 1.54) is 11.1 Å². The molecule has 2 heteroatoms. The van der Waals surface area contributed by atoms with Gasteiger partial charge in [0.05, 0.1) is 0 Å². The molecule has 0 aromatic heterocycles. The Labute approximate surface area is 125 Å². The van der Waals surface area contributed by atoms with Crippen LogP contribution in [0.3, 0.4) is 0 Å². The number of aryl methyl sites for hydroxylation is 1. The summed E-state index contributed by atoms with van der Waals surface area (Å²) >= 11 is 0. The predicted octanol–water partition coefficient (Wildman–Crippen LogP) is 4.02. The Hall–Kier alpha value is -0.860. The van der Waals surface area contributed by atoms with Crippen LogP contribution in [0.25, 0.3) is 0 Å². The first-order valence-corrected chi connectivity index (χ1v) is 8.03. The number of hydrogen-bond donors (Lipinski definition) is 1. The van der Waals surface area contributed by atoms with Gasteiger partial charge in [-0.05, 0) is 52.2 Å². The maximum Gasteiger partial charge on any atom is 0.0292 e. The van der Waals surface area contributed by atoms with Crippen LogP contribution in [0.1, 0.15) is 58.7 Å². The maximum atomic E-state index is 3.63. The number of rotatable bonds is 8. The lowest BCUT2D eigenvalue weighted by atomic mass is 10.1. The standard InChI is InChI=1S/C18H32N2/c1-7-17-8-10-18(11-9-17)16(6)19-12-13-20(14(2)3)15(4)5/h8-11,14-16,19H,7,12-13H2,1-6H3. The number of nitrogens with one attached hydrogen (secondary N) is 1. The summed E-state index contributed by atoms with van der Waals surface area (Å²) in [5.41, 5.74) is 2.79. The summed E-state index contributed by atoms with van der Waals surface area (Å²) in [6.07, 6.45) is 1.11. The molecule has 0 spiro atoms. The lowest BCUT2D eigenvalue weighted by Crippen LogP contribution is -2.41. The van der Waals surface area contributed by atoms with E-state index >= 15 is 0 Å². The Balaban J connectivity index is 2.44. The quantitative estimate of drug-likeness (QED) is 0.771. The molecular weight excluding hydrogens is 244 g/mol. The molecule has 0 amide bonds. The fraction of sp³-hybridized carbons (Fsp3) is 0.667. The molecule has 2 nitrogen and oxygen atoms in total. The molecule has 1 aromatic rings. The van der Waals surface area contributed by atoms with E-state index in [4.69, 9.17) is 0 Å². The minimum Gasteiger partial charge on any atom is -0.309 e. The zero-order chi connectivity index (χ0) is 15.1. The molecule has 0 saturated heterocycles. The van der Waals surface area contributed by atoms with E-state index in [-0.39, 0.29) is 0 Å². The molecule has 0 saturated carbocycles. The molecule has 1 rings (SSSR count). The van der Waals surface area contributed by atoms with E-state index in [0.717, 1.165) is 19.5 Å². The Bertz CT molecular complexity index is 360. The first-order chi connectivity index (χ1) is 9.45. The number of benzene rings is 1. The normalized spacial score (nSPS) is 13.4. The van der Waals surface area contributed by atoms with Crippen LogP contribution in [0.4, 0.5) is 0 Å². The van der Waals surface area contributed by atoms with Gasteiger partial charge in [-0.2, -0.15) is 0 Å². The molecular formula is C18H32N2. The highest BCUT2D eigenvalue weighted by Gasteiger charge is 2.13. The van der Waals surface area contributed by atoms with E-state index in [9.17, 15) is 0 Å². The minimum absolute atomic E-state index is 0.419. The van der Waals surface area contributed by atoms with Gasteiger partial charge < -0.3 is 5.32 Å². The van der Waals surface area contributed by atoms with Crippen molar-refractivity contribution >= 4 is 0 Å². The van der Waals surface area contributed by atoms with Crippen LogP contribution in [0, 0.1) is 0 Å². The molecule has 20 heavy (non-hydrogen) atoms. The highest BCUT2D eigenvalue weighted by molar-refractivity contribution is 5.24. The summed E-state index contributed by atoms with van der Waals surface area (Å²) < 4.78 is 0. The summed E-state index contributed by atoms with van der Waals surface area (Å²) in [6.45, 7) is 15.7. The summed E-state index contributed by atoms with van der Waals surface area (Å²) in [5, 5.41) is 3.63. The Morgan fingerprint density at radius 3 is 1.95 bits per heavy atom. The van der Waals surface area contributed by atoms with Crippen molar-refractivity contribution in [3.05, 3.63) is 35.4 Å². The van der Waals surface area contributed by atoms with Gasteiger partial charge in [0.25, 0.3) is 0 Å². The van der Waals surface area contributed by atoms with Crippen LogP contribution in [0.5, 0.6) is 0 Å². The molecule has 0 bridgehead atoms. The second-order valence-corrected chi connectivity index (χ2v) is 6.20. The van der Waals surface area contributed by atoms with Crippen LogP contribution in [-0.4, -0.2) is 30.1 Å². The van der Waals surface area contributed by atoms with Crippen molar-refractivity contribution in [3.8, 4) is 0 Å². The van der Waals surface area contributed by atoms with Crippen LogP contribution in [-0.2, 0) is 6.42 Å². The van der Waals surface area contributed by atoms with Gasteiger partial charge in [0, 0.05) is 31.2 Å². The van der Waals surface area contributed by atoms with Gasteiger partial charge in [0.1, 0.15) is 0 Å². The van der Waals surface area contributed by atoms with Crippen molar-refractivity contribution in [3.63, 3.8) is 0 Å². The maximum absolute atomic E-state index is 3.63. The largest absolute Gasteiger partial charge is 0.309 e. The predicted molar refractivity (Wildman–Crippen MR) is 89.2 cm³/mol. The summed E-state index contributed by atoms with van der Waals surface area (Å²) in [4.78, 5) is 2.53. The Kier molecular flexibility index (Phi) is 7.25. The Morgan fingerprint density at radius 2 is 1.50 bits per heavy atom. The van der Waals surface area contributed by atoms with Crippen molar-refractivity contribution in [1.82, 2.24) is 10.2 Å². The fourth-order valence-corrected chi connectivity index (χ4v) is 2.68. The third-order valence-corrected chi connectivity index (χ3v) is 4.04. The smallest absolute Gasteiger partial charge is 0.0292 e. The molecule has 114 valence electrons.